The monoisotopic (exact) mass is 361 g/mol. The van der Waals surface area contributed by atoms with Crippen LogP contribution in [0.25, 0.3) is 0 Å². The summed E-state index contributed by atoms with van der Waals surface area (Å²) in [5.41, 5.74) is 1.14. The zero-order chi connectivity index (χ0) is 15.4. The molecule has 0 saturated carbocycles. The number of pyridine rings is 1. The first-order valence-electron chi connectivity index (χ1n) is 7.55. The quantitative estimate of drug-likeness (QED) is 0.837. The summed E-state index contributed by atoms with van der Waals surface area (Å²) in [7, 11) is 2.09. The molecule has 0 aromatic carbocycles. The summed E-state index contributed by atoms with van der Waals surface area (Å²) in [4.78, 5) is 17.8. The minimum Gasteiger partial charge on any atom is -0.341 e. The Balaban J connectivity index is 1.54. The second kappa shape index (κ2) is 7.15. The van der Waals surface area contributed by atoms with Crippen molar-refractivity contribution in [3.63, 3.8) is 0 Å². The third-order valence-corrected chi connectivity index (χ3v) is 4.55. The van der Waals surface area contributed by atoms with Gasteiger partial charge in [-0.3, -0.25) is 9.88 Å². The molecule has 5 nitrogen and oxygen atoms in total. The van der Waals surface area contributed by atoms with Gasteiger partial charge < -0.3 is 4.90 Å². The number of piperidine rings is 1. The highest BCUT2D eigenvalue weighted by Crippen LogP contribution is 2.20. The maximum absolute atomic E-state index is 4.41. The maximum Gasteiger partial charge on any atom is 0.225 e. The number of rotatable bonds is 4. The molecule has 1 saturated heterocycles. The number of hydrogen-bond acceptors (Lipinski definition) is 5. The molecule has 2 aromatic rings. The van der Waals surface area contributed by atoms with Crippen LogP contribution in [0.2, 0.25) is 0 Å². The lowest BCUT2D eigenvalue weighted by atomic mass is 10.0. The van der Waals surface area contributed by atoms with E-state index < -0.39 is 0 Å². The summed E-state index contributed by atoms with van der Waals surface area (Å²) >= 11 is 3.37. The lowest BCUT2D eigenvalue weighted by molar-refractivity contribution is 0.201. The first kappa shape index (κ1) is 15.4. The van der Waals surface area contributed by atoms with E-state index in [9.17, 15) is 0 Å². The van der Waals surface area contributed by atoms with Crippen molar-refractivity contribution in [2.45, 2.75) is 25.4 Å². The molecule has 6 heteroatoms. The van der Waals surface area contributed by atoms with Crippen LogP contribution in [0.3, 0.4) is 0 Å². The maximum atomic E-state index is 4.41. The van der Waals surface area contributed by atoms with E-state index in [1.807, 2.05) is 18.3 Å². The SMILES string of the molecule is CN(c1ncc(Br)cn1)C1CCN(Cc2ccccn2)CC1. The molecule has 0 radical (unpaired) electrons. The zero-order valence-corrected chi connectivity index (χ0v) is 14.3. The van der Waals surface area contributed by atoms with E-state index in [0.29, 0.717) is 6.04 Å². The highest BCUT2D eigenvalue weighted by molar-refractivity contribution is 9.10. The highest BCUT2D eigenvalue weighted by Gasteiger charge is 2.24. The van der Waals surface area contributed by atoms with Crippen molar-refractivity contribution in [2.24, 2.45) is 0 Å². The van der Waals surface area contributed by atoms with Crippen LogP contribution in [-0.4, -0.2) is 46.0 Å². The summed E-state index contributed by atoms with van der Waals surface area (Å²) in [6, 6.07) is 6.60. The largest absolute Gasteiger partial charge is 0.341 e. The van der Waals surface area contributed by atoms with Crippen LogP contribution in [0.1, 0.15) is 18.5 Å². The van der Waals surface area contributed by atoms with Gasteiger partial charge in [-0.05, 0) is 40.9 Å². The van der Waals surface area contributed by atoms with Crippen LogP contribution in [0, 0.1) is 0 Å². The van der Waals surface area contributed by atoms with Crippen molar-refractivity contribution < 1.29 is 0 Å². The van der Waals surface area contributed by atoms with Crippen molar-refractivity contribution in [3.05, 3.63) is 47.0 Å². The summed E-state index contributed by atoms with van der Waals surface area (Å²) in [5.74, 6) is 0.798. The van der Waals surface area contributed by atoms with Gasteiger partial charge in [0.2, 0.25) is 5.95 Å². The molecular formula is C16H20BrN5. The van der Waals surface area contributed by atoms with E-state index in [4.69, 9.17) is 0 Å². The smallest absolute Gasteiger partial charge is 0.225 e. The second-order valence-corrected chi connectivity index (χ2v) is 6.56. The molecule has 116 valence electrons. The number of aromatic nitrogens is 3. The standard InChI is InChI=1S/C16H20BrN5/c1-21(16-19-10-13(17)11-20-16)15-5-8-22(9-6-15)12-14-4-2-3-7-18-14/h2-4,7,10-11,15H,5-6,8-9,12H2,1H3. The molecule has 0 N–H and O–H groups in total. The Bertz CT molecular complexity index is 581. The van der Waals surface area contributed by atoms with E-state index in [0.717, 1.165) is 48.6 Å². The second-order valence-electron chi connectivity index (χ2n) is 5.64. The molecule has 3 heterocycles. The van der Waals surface area contributed by atoms with Crippen molar-refractivity contribution in [1.29, 1.82) is 0 Å². The van der Waals surface area contributed by atoms with E-state index in [-0.39, 0.29) is 0 Å². The third-order valence-electron chi connectivity index (χ3n) is 4.14. The third kappa shape index (κ3) is 3.81. The van der Waals surface area contributed by atoms with E-state index in [1.165, 1.54) is 0 Å². The Morgan fingerprint density at radius 2 is 1.91 bits per heavy atom. The van der Waals surface area contributed by atoms with Gasteiger partial charge in [-0.15, -0.1) is 0 Å². The van der Waals surface area contributed by atoms with Gasteiger partial charge in [-0.25, -0.2) is 9.97 Å². The molecule has 0 bridgehead atoms. The molecule has 2 aromatic heterocycles. The van der Waals surface area contributed by atoms with Crippen molar-refractivity contribution >= 4 is 21.9 Å². The summed E-state index contributed by atoms with van der Waals surface area (Å²) in [6.45, 7) is 3.11. The molecule has 0 unspecified atom stereocenters. The fraction of sp³-hybridized carbons (Fsp3) is 0.438. The average Bonchev–Trinajstić information content (AvgIpc) is 2.57. The van der Waals surface area contributed by atoms with Gasteiger partial charge >= 0.3 is 0 Å². The van der Waals surface area contributed by atoms with Crippen molar-refractivity contribution in [1.82, 2.24) is 19.9 Å². The van der Waals surface area contributed by atoms with Gasteiger partial charge in [0, 0.05) is 51.3 Å². The molecule has 0 aliphatic carbocycles. The zero-order valence-electron chi connectivity index (χ0n) is 12.7. The van der Waals surface area contributed by atoms with Crippen LogP contribution in [-0.2, 0) is 6.54 Å². The highest BCUT2D eigenvalue weighted by atomic mass is 79.9. The Kier molecular flexibility index (Phi) is 5.00. The van der Waals surface area contributed by atoms with Crippen LogP contribution in [0.5, 0.6) is 0 Å². The molecule has 1 fully saturated rings. The Hall–Kier alpha value is -1.53. The molecule has 22 heavy (non-hydrogen) atoms. The minimum absolute atomic E-state index is 0.501. The number of hydrogen-bond donors (Lipinski definition) is 0. The fourth-order valence-electron chi connectivity index (χ4n) is 2.84. The van der Waals surface area contributed by atoms with Gasteiger partial charge in [0.05, 0.1) is 10.2 Å². The minimum atomic E-state index is 0.501. The number of likely N-dealkylation sites (tertiary alicyclic amines) is 1. The normalized spacial score (nSPS) is 16.6. The predicted octanol–water partition coefficient (Wildman–Crippen LogP) is 2.73. The number of halogens is 1. The Labute approximate surface area is 139 Å². The average molecular weight is 362 g/mol. The first-order chi connectivity index (χ1) is 10.7. The summed E-state index contributed by atoms with van der Waals surface area (Å²) in [5, 5.41) is 0. The fourth-order valence-corrected chi connectivity index (χ4v) is 3.04. The number of nitrogens with zero attached hydrogens (tertiary/aromatic N) is 5. The van der Waals surface area contributed by atoms with E-state index in [2.05, 4.69) is 53.8 Å². The Morgan fingerprint density at radius 1 is 1.18 bits per heavy atom. The molecule has 0 atom stereocenters. The van der Waals surface area contributed by atoms with Crippen molar-refractivity contribution in [2.75, 3.05) is 25.0 Å². The van der Waals surface area contributed by atoms with Gasteiger partial charge in [-0.2, -0.15) is 0 Å². The molecular weight excluding hydrogens is 342 g/mol. The Morgan fingerprint density at radius 3 is 2.55 bits per heavy atom. The van der Waals surface area contributed by atoms with Gasteiger partial charge in [-0.1, -0.05) is 6.07 Å². The van der Waals surface area contributed by atoms with Crippen LogP contribution in [0.4, 0.5) is 5.95 Å². The lowest BCUT2D eigenvalue weighted by Crippen LogP contribution is -2.43. The van der Waals surface area contributed by atoms with E-state index >= 15 is 0 Å². The predicted molar refractivity (Wildman–Crippen MR) is 90.7 cm³/mol. The summed E-state index contributed by atoms with van der Waals surface area (Å²) < 4.78 is 0.912. The van der Waals surface area contributed by atoms with Crippen LogP contribution in [0.15, 0.2) is 41.3 Å². The number of anilines is 1. The van der Waals surface area contributed by atoms with Gasteiger partial charge in [0.1, 0.15) is 0 Å². The lowest BCUT2D eigenvalue weighted by Gasteiger charge is -2.36. The first-order valence-corrected chi connectivity index (χ1v) is 8.34. The van der Waals surface area contributed by atoms with Crippen LogP contribution >= 0.6 is 15.9 Å². The van der Waals surface area contributed by atoms with Crippen LogP contribution < -0.4 is 4.90 Å². The molecule has 1 aliphatic heterocycles. The topological polar surface area (TPSA) is 45.2 Å². The molecule has 3 rings (SSSR count). The van der Waals surface area contributed by atoms with Gasteiger partial charge in [0.15, 0.2) is 0 Å². The molecule has 1 aliphatic rings. The summed E-state index contributed by atoms with van der Waals surface area (Å²) in [6.07, 6.45) is 7.72. The van der Waals surface area contributed by atoms with Crippen molar-refractivity contribution in [3.8, 4) is 0 Å². The van der Waals surface area contributed by atoms with E-state index in [1.54, 1.807) is 12.4 Å². The molecule has 0 spiro atoms. The van der Waals surface area contributed by atoms with Gasteiger partial charge in [0.25, 0.3) is 0 Å². The molecule has 0 amide bonds.